The number of carbonyl (C=O) groups excluding carboxylic acids is 1. The van der Waals surface area contributed by atoms with Crippen LogP contribution in [0.2, 0.25) is 0 Å². The standard InChI is InChI=1S/C16H21N5O2S/c1-11(10-23-3)18-16(24)20-19-15(22)13-4-6-14(7-5-13)21-12(2)8-9-17-21/h4-9,11H,10H2,1-3H3,(H,19,22)(H2,18,20,24)/t11-/m1/s1. The number of benzene rings is 1. The van der Waals surface area contributed by atoms with Crippen molar-refractivity contribution >= 4 is 23.2 Å². The maximum atomic E-state index is 12.1. The molecule has 128 valence electrons. The highest BCUT2D eigenvalue weighted by Gasteiger charge is 2.08. The molecule has 0 aliphatic rings. The molecule has 0 fully saturated rings. The van der Waals surface area contributed by atoms with Gasteiger partial charge in [0.15, 0.2) is 5.11 Å². The Kier molecular flexibility index (Phi) is 6.28. The van der Waals surface area contributed by atoms with E-state index < -0.39 is 0 Å². The largest absolute Gasteiger partial charge is 0.383 e. The van der Waals surface area contributed by atoms with Crippen molar-refractivity contribution in [1.29, 1.82) is 0 Å². The normalized spacial score (nSPS) is 11.6. The van der Waals surface area contributed by atoms with Gasteiger partial charge >= 0.3 is 0 Å². The summed E-state index contributed by atoms with van der Waals surface area (Å²) < 4.78 is 6.81. The van der Waals surface area contributed by atoms with Gasteiger partial charge in [-0.15, -0.1) is 0 Å². The van der Waals surface area contributed by atoms with E-state index in [9.17, 15) is 4.79 Å². The molecule has 2 aromatic rings. The molecule has 2 rings (SSSR count). The minimum Gasteiger partial charge on any atom is -0.383 e. The van der Waals surface area contributed by atoms with Crippen LogP contribution in [0.4, 0.5) is 0 Å². The number of methoxy groups -OCH3 is 1. The first-order valence-electron chi connectivity index (χ1n) is 7.48. The molecule has 1 aromatic heterocycles. The molecule has 1 amide bonds. The number of nitrogens with zero attached hydrogens (tertiary/aromatic N) is 2. The molecule has 0 aliphatic carbocycles. The summed E-state index contributed by atoms with van der Waals surface area (Å²) in [6.07, 6.45) is 1.73. The topological polar surface area (TPSA) is 80.2 Å². The Labute approximate surface area is 146 Å². The number of carbonyl (C=O) groups is 1. The number of hydrogen-bond donors (Lipinski definition) is 3. The van der Waals surface area contributed by atoms with E-state index in [0.29, 0.717) is 17.3 Å². The van der Waals surface area contributed by atoms with Crippen LogP contribution in [0.15, 0.2) is 36.5 Å². The molecular weight excluding hydrogens is 326 g/mol. The van der Waals surface area contributed by atoms with Gasteiger partial charge in [0.2, 0.25) is 0 Å². The number of aryl methyl sites for hydroxylation is 1. The van der Waals surface area contributed by atoms with Crippen molar-refractivity contribution in [2.45, 2.75) is 19.9 Å². The van der Waals surface area contributed by atoms with E-state index >= 15 is 0 Å². The zero-order chi connectivity index (χ0) is 17.5. The van der Waals surface area contributed by atoms with E-state index in [2.05, 4.69) is 21.3 Å². The Hall–Kier alpha value is -2.45. The molecule has 3 N–H and O–H groups in total. The number of aromatic nitrogens is 2. The van der Waals surface area contributed by atoms with Crippen LogP contribution in [0.1, 0.15) is 23.0 Å². The summed E-state index contributed by atoms with van der Waals surface area (Å²) in [6, 6.07) is 9.11. The Balaban J connectivity index is 1.89. The van der Waals surface area contributed by atoms with E-state index in [0.717, 1.165) is 11.4 Å². The Morgan fingerprint density at radius 1 is 1.29 bits per heavy atom. The average Bonchev–Trinajstić information content (AvgIpc) is 2.99. The van der Waals surface area contributed by atoms with Crippen molar-refractivity contribution in [2.75, 3.05) is 13.7 Å². The second-order valence-electron chi connectivity index (χ2n) is 5.34. The van der Waals surface area contributed by atoms with Gasteiger partial charge in [0.25, 0.3) is 5.91 Å². The predicted octanol–water partition coefficient (Wildman–Crippen LogP) is 1.32. The van der Waals surface area contributed by atoms with E-state index in [-0.39, 0.29) is 11.9 Å². The van der Waals surface area contributed by atoms with Crippen LogP contribution in [0.25, 0.3) is 5.69 Å². The quantitative estimate of drug-likeness (QED) is 0.559. The molecule has 0 aliphatic heterocycles. The zero-order valence-electron chi connectivity index (χ0n) is 13.9. The highest BCUT2D eigenvalue weighted by molar-refractivity contribution is 7.80. The fourth-order valence-corrected chi connectivity index (χ4v) is 2.38. The van der Waals surface area contributed by atoms with Crippen LogP contribution in [-0.2, 0) is 4.74 Å². The van der Waals surface area contributed by atoms with Gasteiger partial charge in [0.1, 0.15) is 0 Å². The van der Waals surface area contributed by atoms with Crippen molar-refractivity contribution in [3.8, 4) is 5.69 Å². The fourth-order valence-electron chi connectivity index (χ4n) is 2.13. The summed E-state index contributed by atoms with van der Waals surface area (Å²) in [4.78, 5) is 12.1. The summed E-state index contributed by atoms with van der Waals surface area (Å²) in [6.45, 7) is 4.41. The summed E-state index contributed by atoms with van der Waals surface area (Å²) in [5.41, 5.74) is 7.66. The first-order chi connectivity index (χ1) is 11.5. The van der Waals surface area contributed by atoms with Crippen LogP contribution >= 0.6 is 12.2 Å². The molecule has 1 aromatic carbocycles. The lowest BCUT2D eigenvalue weighted by atomic mass is 10.2. The molecule has 0 bridgehead atoms. The molecule has 7 nitrogen and oxygen atoms in total. The third-order valence-electron chi connectivity index (χ3n) is 3.29. The van der Waals surface area contributed by atoms with Gasteiger partial charge < -0.3 is 10.1 Å². The number of amides is 1. The lowest BCUT2D eigenvalue weighted by Gasteiger charge is -2.16. The summed E-state index contributed by atoms with van der Waals surface area (Å²) in [7, 11) is 1.62. The zero-order valence-corrected chi connectivity index (χ0v) is 14.7. The molecule has 0 unspecified atom stereocenters. The molecule has 0 saturated carbocycles. The maximum Gasteiger partial charge on any atom is 0.269 e. The summed E-state index contributed by atoms with van der Waals surface area (Å²) >= 11 is 5.10. The van der Waals surface area contributed by atoms with Gasteiger partial charge in [0.05, 0.1) is 12.3 Å². The van der Waals surface area contributed by atoms with E-state index in [4.69, 9.17) is 17.0 Å². The minimum absolute atomic E-state index is 0.0449. The molecule has 1 atom stereocenters. The van der Waals surface area contributed by atoms with Crippen molar-refractivity contribution in [2.24, 2.45) is 0 Å². The SMILES string of the molecule is COC[C@@H](C)NC(=S)NNC(=O)c1ccc(-n2nccc2C)cc1. The van der Waals surface area contributed by atoms with Crippen molar-refractivity contribution in [1.82, 2.24) is 25.9 Å². The van der Waals surface area contributed by atoms with Gasteiger partial charge in [-0.3, -0.25) is 15.6 Å². The number of ether oxygens (including phenoxy) is 1. The van der Waals surface area contributed by atoms with Crippen LogP contribution in [0, 0.1) is 6.92 Å². The monoisotopic (exact) mass is 347 g/mol. The van der Waals surface area contributed by atoms with Gasteiger partial charge in [-0.05, 0) is 56.4 Å². The van der Waals surface area contributed by atoms with Crippen molar-refractivity contribution in [3.05, 3.63) is 47.8 Å². The van der Waals surface area contributed by atoms with Crippen LogP contribution in [0.5, 0.6) is 0 Å². The van der Waals surface area contributed by atoms with Gasteiger partial charge in [-0.1, -0.05) is 0 Å². The van der Waals surface area contributed by atoms with Gasteiger partial charge in [-0.25, -0.2) is 4.68 Å². The molecule has 1 heterocycles. The van der Waals surface area contributed by atoms with Crippen molar-refractivity contribution in [3.63, 3.8) is 0 Å². The van der Waals surface area contributed by atoms with Crippen LogP contribution in [0.3, 0.4) is 0 Å². The molecule has 8 heteroatoms. The summed E-state index contributed by atoms with van der Waals surface area (Å²) in [5, 5.41) is 7.55. The minimum atomic E-state index is -0.276. The third kappa shape index (κ3) is 4.77. The Morgan fingerprint density at radius 3 is 2.58 bits per heavy atom. The summed E-state index contributed by atoms with van der Waals surface area (Å²) in [5.74, 6) is -0.276. The smallest absolute Gasteiger partial charge is 0.269 e. The molecule has 0 saturated heterocycles. The average molecular weight is 347 g/mol. The number of hydrazine groups is 1. The van der Waals surface area contributed by atoms with E-state index in [1.165, 1.54) is 0 Å². The number of rotatable bonds is 5. The van der Waals surface area contributed by atoms with Gasteiger partial charge in [-0.2, -0.15) is 5.10 Å². The lowest BCUT2D eigenvalue weighted by molar-refractivity contribution is 0.0943. The number of thiocarbonyl (C=S) groups is 1. The van der Waals surface area contributed by atoms with Crippen molar-refractivity contribution < 1.29 is 9.53 Å². The Bertz CT molecular complexity index is 699. The maximum absolute atomic E-state index is 12.1. The highest BCUT2D eigenvalue weighted by atomic mass is 32.1. The number of hydrogen-bond acceptors (Lipinski definition) is 4. The molecule has 0 spiro atoms. The second-order valence-corrected chi connectivity index (χ2v) is 5.75. The lowest BCUT2D eigenvalue weighted by Crippen LogP contribution is -2.49. The van der Waals surface area contributed by atoms with Crippen LogP contribution < -0.4 is 16.2 Å². The second kappa shape index (κ2) is 8.42. The van der Waals surface area contributed by atoms with Crippen LogP contribution in [-0.4, -0.2) is 40.6 Å². The first-order valence-corrected chi connectivity index (χ1v) is 7.89. The predicted molar refractivity (Wildman–Crippen MR) is 96.0 cm³/mol. The molecule has 0 radical (unpaired) electrons. The molecule has 24 heavy (non-hydrogen) atoms. The fraction of sp³-hybridized carbons (Fsp3) is 0.312. The third-order valence-corrected chi connectivity index (χ3v) is 3.51. The van der Waals surface area contributed by atoms with E-state index in [1.807, 2.05) is 32.0 Å². The molecular formula is C16H21N5O2S. The Morgan fingerprint density at radius 2 is 2.00 bits per heavy atom. The van der Waals surface area contributed by atoms with Gasteiger partial charge in [0, 0.05) is 30.6 Å². The number of nitrogens with one attached hydrogen (secondary N) is 3. The first kappa shape index (κ1) is 17.9. The van der Waals surface area contributed by atoms with E-state index in [1.54, 1.807) is 30.1 Å². The highest BCUT2D eigenvalue weighted by Crippen LogP contribution is 2.11.